The number of aromatic nitrogens is 1. The van der Waals surface area contributed by atoms with Crippen molar-refractivity contribution in [1.82, 2.24) is 9.88 Å². The fourth-order valence-corrected chi connectivity index (χ4v) is 7.31. The molecule has 0 unspecified atom stereocenters. The van der Waals surface area contributed by atoms with Gasteiger partial charge in [-0.2, -0.15) is 0 Å². The van der Waals surface area contributed by atoms with Gasteiger partial charge in [0.15, 0.2) is 0 Å². The maximum atomic E-state index is 13.7. The SMILES string of the molecule is CC.COC(=O)c1cc2c3c(ccc2[nH]1)N(C(=O)c1cc(NC(=O)c2cc4cc(NC(=O)CCCN(C)C)ccc4s2)cs1)CCC3. The number of carbonyl (C=O) groups excluding carboxylic acids is 4. The number of nitrogens with zero attached hydrogens (tertiary/aromatic N) is 2. The molecule has 0 saturated carbocycles. The first-order chi connectivity index (χ1) is 22.7. The Morgan fingerprint density at radius 2 is 1.79 bits per heavy atom. The topological polar surface area (TPSA) is 124 Å². The van der Waals surface area contributed by atoms with Crippen LogP contribution in [-0.4, -0.2) is 67.9 Å². The van der Waals surface area contributed by atoms with Crippen LogP contribution in [0.5, 0.6) is 0 Å². The van der Waals surface area contributed by atoms with Gasteiger partial charge in [0.1, 0.15) is 5.69 Å². The second kappa shape index (κ2) is 14.9. The summed E-state index contributed by atoms with van der Waals surface area (Å²) in [5, 5.41) is 9.42. The van der Waals surface area contributed by atoms with Crippen LogP contribution in [0, 0.1) is 0 Å². The Morgan fingerprint density at radius 1 is 0.979 bits per heavy atom. The molecule has 0 aliphatic carbocycles. The first-order valence-corrected chi connectivity index (χ1v) is 17.3. The Bertz CT molecular complexity index is 1940. The van der Waals surface area contributed by atoms with Gasteiger partial charge in [0, 0.05) is 45.3 Å². The van der Waals surface area contributed by atoms with Crippen molar-refractivity contribution in [3.05, 3.63) is 74.9 Å². The van der Waals surface area contributed by atoms with Crippen LogP contribution in [0.2, 0.25) is 0 Å². The first kappa shape index (κ1) is 33.8. The van der Waals surface area contributed by atoms with E-state index in [1.165, 1.54) is 29.8 Å². The number of aryl methyl sites for hydroxylation is 1. The number of benzene rings is 2. The fourth-order valence-electron chi connectivity index (χ4n) is 5.59. The van der Waals surface area contributed by atoms with Gasteiger partial charge in [-0.1, -0.05) is 13.8 Å². The average Bonchev–Trinajstić information content (AvgIpc) is 3.83. The summed E-state index contributed by atoms with van der Waals surface area (Å²) < 4.78 is 5.79. The average molecular weight is 674 g/mol. The highest BCUT2D eigenvalue weighted by Crippen LogP contribution is 2.36. The van der Waals surface area contributed by atoms with Crippen LogP contribution in [0.3, 0.4) is 0 Å². The summed E-state index contributed by atoms with van der Waals surface area (Å²) in [6, 6.07) is 14.7. The highest BCUT2D eigenvalue weighted by Gasteiger charge is 2.27. The minimum absolute atomic E-state index is 0.0364. The first-order valence-electron chi connectivity index (χ1n) is 15.6. The minimum Gasteiger partial charge on any atom is -0.464 e. The third-order valence-corrected chi connectivity index (χ3v) is 9.77. The van der Waals surface area contributed by atoms with E-state index in [9.17, 15) is 19.2 Å². The molecule has 1 aliphatic rings. The van der Waals surface area contributed by atoms with Crippen LogP contribution in [0.1, 0.15) is 68.5 Å². The van der Waals surface area contributed by atoms with Crippen LogP contribution < -0.4 is 15.5 Å². The van der Waals surface area contributed by atoms with E-state index in [-0.39, 0.29) is 17.7 Å². The number of amides is 3. The quantitative estimate of drug-likeness (QED) is 0.140. The lowest BCUT2D eigenvalue weighted by atomic mass is 9.97. The molecule has 0 saturated heterocycles. The number of hydrogen-bond donors (Lipinski definition) is 3. The Hall–Kier alpha value is -4.52. The number of fused-ring (bicyclic) bond motifs is 4. The van der Waals surface area contributed by atoms with Crippen molar-refractivity contribution in [1.29, 1.82) is 0 Å². The second-order valence-corrected chi connectivity index (χ2v) is 13.2. The maximum Gasteiger partial charge on any atom is 0.354 e. The van der Waals surface area contributed by atoms with Gasteiger partial charge in [-0.15, -0.1) is 22.7 Å². The highest BCUT2D eigenvalue weighted by atomic mass is 32.1. The van der Waals surface area contributed by atoms with Gasteiger partial charge in [-0.05, 0) is 99.4 Å². The van der Waals surface area contributed by atoms with E-state index in [0.29, 0.717) is 39.8 Å². The Kier molecular flexibility index (Phi) is 10.7. The number of H-pyrrole nitrogens is 1. The summed E-state index contributed by atoms with van der Waals surface area (Å²) in [7, 11) is 5.30. The zero-order valence-electron chi connectivity index (χ0n) is 27.2. The molecule has 0 bridgehead atoms. The van der Waals surface area contributed by atoms with Crippen LogP contribution in [0.25, 0.3) is 21.0 Å². The van der Waals surface area contributed by atoms with Gasteiger partial charge in [0.05, 0.1) is 22.6 Å². The molecule has 2 aromatic carbocycles. The number of carbonyl (C=O) groups is 4. The smallest absolute Gasteiger partial charge is 0.354 e. The van der Waals surface area contributed by atoms with Crippen molar-refractivity contribution < 1.29 is 23.9 Å². The largest absolute Gasteiger partial charge is 0.464 e. The van der Waals surface area contributed by atoms with Gasteiger partial charge in [0.25, 0.3) is 11.8 Å². The zero-order chi connectivity index (χ0) is 33.7. The van der Waals surface area contributed by atoms with E-state index in [1.54, 1.807) is 22.4 Å². The predicted octanol–water partition coefficient (Wildman–Crippen LogP) is 7.38. The van der Waals surface area contributed by atoms with E-state index in [4.69, 9.17) is 4.74 Å². The number of anilines is 3. The normalized spacial score (nSPS) is 12.4. The second-order valence-electron chi connectivity index (χ2n) is 11.2. The molecule has 3 aromatic heterocycles. The number of rotatable bonds is 9. The molecule has 6 rings (SSSR count). The molecular formula is C35H39N5O5S2. The molecule has 4 heterocycles. The van der Waals surface area contributed by atoms with Crippen molar-refractivity contribution in [2.75, 3.05) is 49.8 Å². The van der Waals surface area contributed by atoms with Gasteiger partial charge in [0.2, 0.25) is 5.91 Å². The Balaban J connectivity index is 0.00000213. The van der Waals surface area contributed by atoms with Crippen molar-refractivity contribution in [3.63, 3.8) is 0 Å². The molecule has 0 radical (unpaired) electrons. The van der Waals surface area contributed by atoms with E-state index in [1.807, 2.05) is 69.2 Å². The molecule has 246 valence electrons. The van der Waals surface area contributed by atoms with Crippen LogP contribution in [-0.2, 0) is 16.0 Å². The van der Waals surface area contributed by atoms with E-state index in [0.717, 1.165) is 58.0 Å². The molecular weight excluding hydrogens is 635 g/mol. The molecule has 12 heteroatoms. The number of methoxy groups -OCH3 is 1. The van der Waals surface area contributed by atoms with Gasteiger partial charge < -0.3 is 30.2 Å². The fraction of sp³-hybridized carbons (Fsp3) is 0.314. The molecule has 10 nitrogen and oxygen atoms in total. The lowest BCUT2D eigenvalue weighted by molar-refractivity contribution is -0.116. The number of nitrogens with one attached hydrogen (secondary N) is 3. The summed E-state index contributed by atoms with van der Waals surface area (Å²) in [5.74, 6) is -0.873. The molecule has 47 heavy (non-hydrogen) atoms. The van der Waals surface area contributed by atoms with Crippen molar-refractivity contribution in [3.8, 4) is 0 Å². The van der Waals surface area contributed by atoms with Crippen molar-refractivity contribution >= 4 is 84.4 Å². The number of ether oxygens (including phenoxy) is 1. The Labute approximate surface area is 281 Å². The van der Waals surface area contributed by atoms with Crippen LogP contribution in [0.15, 0.2) is 53.9 Å². The molecule has 0 atom stereocenters. The number of hydrogen-bond acceptors (Lipinski definition) is 8. The third kappa shape index (κ3) is 7.56. The van der Waals surface area contributed by atoms with Crippen molar-refractivity contribution in [2.45, 2.75) is 39.5 Å². The van der Waals surface area contributed by atoms with Gasteiger partial charge >= 0.3 is 5.97 Å². The molecule has 0 spiro atoms. The molecule has 3 N–H and O–H groups in total. The molecule has 5 aromatic rings. The monoisotopic (exact) mass is 673 g/mol. The molecule has 0 fully saturated rings. The van der Waals surface area contributed by atoms with Gasteiger partial charge in [-0.25, -0.2) is 4.79 Å². The predicted molar refractivity (Wildman–Crippen MR) is 191 cm³/mol. The number of esters is 1. The maximum absolute atomic E-state index is 13.7. The summed E-state index contributed by atoms with van der Waals surface area (Å²) in [6.07, 6.45) is 2.80. The summed E-state index contributed by atoms with van der Waals surface area (Å²) in [6.45, 7) is 5.42. The summed E-state index contributed by atoms with van der Waals surface area (Å²) in [4.78, 5) is 59.1. The zero-order valence-corrected chi connectivity index (χ0v) is 28.8. The molecule has 3 amide bonds. The van der Waals surface area contributed by atoms with E-state index in [2.05, 4.69) is 15.6 Å². The minimum atomic E-state index is -0.438. The lowest BCUT2D eigenvalue weighted by Crippen LogP contribution is -2.35. The summed E-state index contributed by atoms with van der Waals surface area (Å²) >= 11 is 2.65. The van der Waals surface area contributed by atoms with E-state index < -0.39 is 5.97 Å². The Morgan fingerprint density at radius 3 is 2.55 bits per heavy atom. The van der Waals surface area contributed by atoms with Crippen molar-refractivity contribution in [2.24, 2.45) is 0 Å². The number of aromatic amines is 1. The summed E-state index contributed by atoms with van der Waals surface area (Å²) in [5.41, 5.74) is 4.28. The standard InChI is InChI=1S/C33H33N5O5S2.C2H6/c1-37(2)12-5-7-30(39)34-20-8-11-27-19(14-20)15-28(45-27)31(40)35-21-16-29(44-18-21)32(41)38-13-4-6-22-23-17-25(33(42)43-3)36-24(23)9-10-26(22)38;1-2/h8-11,14-18,36H,4-7,12-13H2,1-3H3,(H,34,39)(H,35,40);1-2H3. The highest BCUT2D eigenvalue weighted by molar-refractivity contribution is 7.21. The third-order valence-electron chi connectivity index (χ3n) is 7.74. The number of thiophene rings is 2. The van der Waals surface area contributed by atoms with Crippen LogP contribution >= 0.6 is 22.7 Å². The molecule has 1 aliphatic heterocycles. The van der Waals surface area contributed by atoms with Crippen LogP contribution in [0.4, 0.5) is 17.1 Å². The van der Waals surface area contributed by atoms with E-state index >= 15 is 0 Å². The lowest BCUT2D eigenvalue weighted by Gasteiger charge is -2.29. The van der Waals surface area contributed by atoms with Gasteiger partial charge in [-0.3, -0.25) is 14.4 Å².